The number of cyclic esters (lactones) is 1. The average molecular weight is 636 g/mol. The molecule has 0 radical (unpaired) electrons. The molecule has 1 aromatic heterocycles. The van der Waals surface area contributed by atoms with Gasteiger partial charge >= 0.3 is 21.0 Å². The molecule has 0 amide bonds. The normalized spacial score (nSPS) is 17.4. The van der Waals surface area contributed by atoms with E-state index in [1.165, 1.54) is 12.1 Å². The van der Waals surface area contributed by atoms with Gasteiger partial charge in [-0.2, -0.15) is 13.2 Å². The van der Waals surface area contributed by atoms with E-state index in [9.17, 15) is 22.4 Å². The van der Waals surface area contributed by atoms with Gasteiger partial charge in [0.1, 0.15) is 11.5 Å². The van der Waals surface area contributed by atoms with Crippen molar-refractivity contribution >= 4 is 14.8 Å². The van der Waals surface area contributed by atoms with Gasteiger partial charge < -0.3 is 19.1 Å². The fraction of sp³-hybridized carbons (Fsp3) is 0.452. The Morgan fingerprint density at radius 3 is 1.98 bits per heavy atom. The molecule has 4 rings (SSSR count). The SMILES string of the molecule is O=C1OC(C(F)(F)F)=C[C@H](c2ccc(-c3cn(CCCCCCCCCCC[Si](O)(O)O)nn3)cc2)[C@H]1c1ccc(F)cc1. The van der Waals surface area contributed by atoms with Crippen molar-refractivity contribution in [2.24, 2.45) is 0 Å². The Kier molecular flexibility index (Phi) is 11.5. The number of esters is 1. The molecule has 8 nitrogen and oxygen atoms in total. The molecule has 44 heavy (non-hydrogen) atoms. The largest absolute Gasteiger partial charge is 0.492 e. The molecule has 0 unspecified atom stereocenters. The highest BCUT2D eigenvalue weighted by molar-refractivity contribution is 6.56. The topological polar surface area (TPSA) is 118 Å². The lowest BCUT2D eigenvalue weighted by molar-refractivity contribution is -0.164. The van der Waals surface area contributed by atoms with Crippen LogP contribution in [0.4, 0.5) is 17.6 Å². The number of aromatic nitrogens is 3. The van der Waals surface area contributed by atoms with Crippen molar-refractivity contribution in [1.82, 2.24) is 15.0 Å². The Hall–Kier alpha value is -3.39. The molecule has 0 saturated carbocycles. The number of rotatable bonds is 15. The number of carbonyl (C=O) groups is 1. The molecule has 0 saturated heterocycles. The molecule has 238 valence electrons. The number of ether oxygens (including phenoxy) is 1. The van der Waals surface area contributed by atoms with Crippen molar-refractivity contribution in [3.63, 3.8) is 0 Å². The number of unbranched alkanes of at least 4 members (excludes halogenated alkanes) is 8. The summed E-state index contributed by atoms with van der Waals surface area (Å²) in [7, 11) is -3.89. The second-order valence-corrected chi connectivity index (χ2v) is 13.2. The zero-order valence-electron chi connectivity index (χ0n) is 24.2. The van der Waals surface area contributed by atoms with Crippen LogP contribution in [0.1, 0.15) is 80.8 Å². The molecular formula is C31H37F4N3O5Si. The number of carbonyl (C=O) groups excluding carboxylic acids is 1. The minimum absolute atomic E-state index is 0.101. The van der Waals surface area contributed by atoms with E-state index in [1.54, 1.807) is 28.9 Å². The summed E-state index contributed by atoms with van der Waals surface area (Å²) in [5.74, 6) is -4.99. The van der Waals surface area contributed by atoms with E-state index in [1.807, 2.05) is 6.20 Å². The zero-order valence-corrected chi connectivity index (χ0v) is 25.2. The minimum Gasteiger partial charge on any atom is -0.421 e. The molecule has 0 bridgehead atoms. The number of aryl methyl sites for hydroxylation is 1. The van der Waals surface area contributed by atoms with Gasteiger partial charge in [0.15, 0.2) is 0 Å². The summed E-state index contributed by atoms with van der Waals surface area (Å²) in [5.41, 5.74) is 2.16. The Balaban J connectivity index is 1.29. The van der Waals surface area contributed by atoms with Crippen LogP contribution in [-0.2, 0) is 16.1 Å². The van der Waals surface area contributed by atoms with E-state index in [0.717, 1.165) is 75.1 Å². The molecule has 3 N–H and O–H groups in total. The first kappa shape index (κ1) is 33.5. The zero-order chi connectivity index (χ0) is 31.7. The van der Waals surface area contributed by atoms with E-state index >= 15 is 0 Å². The maximum atomic E-state index is 13.5. The van der Waals surface area contributed by atoms with Gasteiger partial charge in [-0.15, -0.1) is 5.10 Å². The van der Waals surface area contributed by atoms with Crippen molar-refractivity contribution < 1.29 is 41.5 Å². The fourth-order valence-electron chi connectivity index (χ4n) is 5.36. The third-order valence-corrected chi connectivity index (χ3v) is 8.72. The van der Waals surface area contributed by atoms with Crippen molar-refractivity contribution in [3.8, 4) is 11.3 Å². The Morgan fingerprint density at radius 2 is 1.39 bits per heavy atom. The van der Waals surface area contributed by atoms with Gasteiger partial charge in [-0.05, 0) is 42.2 Å². The van der Waals surface area contributed by atoms with Crippen LogP contribution < -0.4 is 0 Å². The van der Waals surface area contributed by atoms with Gasteiger partial charge in [0.25, 0.3) is 0 Å². The number of nitrogens with zero attached hydrogens (tertiary/aromatic N) is 3. The van der Waals surface area contributed by atoms with Crippen molar-refractivity contribution in [3.05, 3.63) is 83.5 Å². The molecule has 1 aliphatic heterocycles. The van der Waals surface area contributed by atoms with Crippen LogP contribution in [0.15, 0.2) is 66.6 Å². The number of hydrogen-bond donors (Lipinski definition) is 3. The molecule has 1 aliphatic rings. The fourth-order valence-corrected chi connectivity index (χ4v) is 6.08. The number of benzene rings is 2. The molecule has 2 heterocycles. The summed E-state index contributed by atoms with van der Waals surface area (Å²) in [6.45, 7) is 0.703. The van der Waals surface area contributed by atoms with E-state index in [-0.39, 0.29) is 6.04 Å². The maximum absolute atomic E-state index is 13.5. The highest BCUT2D eigenvalue weighted by atomic mass is 28.4. The van der Waals surface area contributed by atoms with Crippen LogP contribution >= 0.6 is 0 Å². The van der Waals surface area contributed by atoms with Crippen LogP contribution in [-0.4, -0.2) is 50.3 Å². The lowest BCUT2D eigenvalue weighted by Crippen LogP contribution is -2.33. The predicted molar refractivity (Wildman–Crippen MR) is 156 cm³/mol. The second kappa shape index (κ2) is 15.1. The summed E-state index contributed by atoms with van der Waals surface area (Å²) >= 11 is 0. The van der Waals surface area contributed by atoms with Crippen LogP contribution in [0.3, 0.4) is 0 Å². The molecule has 3 aromatic rings. The average Bonchev–Trinajstić information content (AvgIpc) is 3.44. The van der Waals surface area contributed by atoms with Crippen LogP contribution in [0.2, 0.25) is 6.04 Å². The summed E-state index contributed by atoms with van der Waals surface area (Å²) in [6.07, 6.45) is 6.82. The third kappa shape index (κ3) is 9.81. The number of allylic oxidation sites excluding steroid dienone is 2. The van der Waals surface area contributed by atoms with Crippen LogP contribution in [0.25, 0.3) is 11.3 Å². The minimum atomic E-state index is -4.83. The number of halogens is 4. The third-order valence-electron chi connectivity index (χ3n) is 7.69. The van der Waals surface area contributed by atoms with E-state index in [2.05, 4.69) is 15.0 Å². The van der Waals surface area contributed by atoms with E-state index in [0.29, 0.717) is 29.8 Å². The standard InChI is InChI=1S/C31H37F4N3O5Si/c32-25-16-14-24(15-17-25)29-26(20-28(31(33,34)35)43-30(29)39)22-10-12-23(13-11-22)27-21-38(37-36-27)18-8-6-4-2-1-3-5-7-9-19-44(40,41)42/h10-17,20-21,26,29,40-42H,1-9,18-19H2/t26-,29-/m1/s1. The maximum Gasteiger partial charge on any atom is 0.492 e. The Labute approximate surface area is 254 Å². The van der Waals surface area contributed by atoms with Gasteiger partial charge in [-0.1, -0.05) is 86.6 Å². The first-order chi connectivity index (χ1) is 20.9. The lowest BCUT2D eigenvalue weighted by Gasteiger charge is -2.30. The first-order valence-electron chi connectivity index (χ1n) is 14.8. The summed E-state index contributed by atoms with van der Waals surface area (Å²) in [4.78, 5) is 39.8. The highest BCUT2D eigenvalue weighted by Crippen LogP contribution is 2.43. The smallest absolute Gasteiger partial charge is 0.421 e. The van der Waals surface area contributed by atoms with Gasteiger partial charge in [-0.3, -0.25) is 9.48 Å². The van der Waals surface area contributed by atoms with Crippen LogP contribution in [0.5, 0.6) is 0 Å². The van der Waals surface area contributed by atoms with Gasteiger partial charge in [0.05, 0.1) is 12.1 Å². The Morgan fingerprint density at radius 1 is 0.818 bits per heavy atom. The molecule has 2 aromatic carbocycles. The summed E-state index contributed by atoms with van der Waals surface area (Å²) < 4.78 is 60.4. The second-order valence-electron chi connectivity index (χ2n) is 11.2. The first-order valence-corrected chi connectivity index (χ1v) is 16.9. The molecule has 0 fully saturated rings. The van der Waals surface area contributed by atoms with Gasteiger partial charge in [0.2, 0.25) is 5.76 Å². The van der Waals surface area contributed by atoms with Crippen molar-refractivity contribution in [1.29, 1.82) is 0 Å². The summed E-state index contributed by atoms with van der Waals surface area (Å²) in [6, 6.07) is 11.9. The Bertz CT molecular complexity index is 1390. The summed E-state index contributed by atoms with van der Waals surface area (Å²) in [5, 5.41) is 8.43. The van der Waals surface area contributed by atoms with Gasteiger partial charge in [-0.25, -0.2) is 4.39 Å². The molecule has 13 heteroatoms. The number of hydrogen-bond acceptors (Lipinski definition) is 7. The monoisotopic (exact) mass is 635 g/mol. The number of alkyl halides is 3. The van der Waals surface area contributed by atoms with Gasteiger partial charge in [0, 0.05) is 24.1 Å². The quantitative estimate of drug-likeness (QED) is 0.0768. The van der Waals surface area contributed by atoms with Crippen LogP contribution in [0, 0.1) is 5.82 Å². The van der Waals surface area contributed by atoms with E-state index < -0.39 is 44.4 Å². The highest BCUT2D eigenvalue weighted by Gasteiger charge is 2.45. The molecule has 0 spiro atoms. The molecular weight excluding hydrogens is 598 g/mol. The molecule has 0 aliphatic carbocycles. The van der Waals surface area contributed by atoms with Crippen molar-refractivity contribution in [2.45, 2.75) is 88.4 Å². The molecule has 2 atom stereocenters. The predicted octanol–water partition coefficient (Wildman–Crippen LogP) is 6.38. The van der Waals surface area contributed by atoms with Crippen molar-refractivity contribution in [2.75, 3.05) is 0 Å². The lowest BCUT2D eigenvalue weighted by atomic mass is 9.79. The van der Waals surface area contributed by atoms with E-state index in [4.69, 9.17) is 14.4 Å².